The van der Waals surface area contributed by atoms with Crippen molar-refractivity contribution < 1.29 is 9.53 Å². The van der Waals surface area contributed by atoms with Gasteiger partial charge in [0.25, 0.3) is 0 Å². The largest absolute Gasteiger partial charge is 0.492 e. The molecule has 118 valence electrons. The maximum Gasteiger partial charge on any atom is 0.221 e. The number of nitrogens with one attached hydrogen (secondary N) is 1. The van der Waals surface area contributed by atoms with Crippen molar-refractivity contribution in [2.75, 3.05) is 23.4 Å². The third kappa shape index (κ3) is 4.97. The van der Waals surface area contributed by atoms with Gasteiger partial charge in [0.2, 0.25) is 5.91 Å². The zero-order valence-electron chi connectivity index (χ0n) is 13.0. The van der Waals surface area contributed by atoms with Crippen molar-refractivity contribution in [2.24, 2.45) is 0 Å². The maximum absolute atomic E-state index is 11.2. The van der Waals surface area contributed by atoms with Crippen LogP contribution in [-0.2, 0) is 4.79 Å². The second-order valence-electron chi connectivity index (χ2n) is 4.62. The van der Waals surface area contributed by atoms with Crippen LogP contribution in [0, 0.1) is 11.3 Å². The van der Waals surface area contributed by atoms with Gasteiger partial charge in [-0.15, -0.1) is 0 Å². The number of benzene rings is 1. The van der Waals surface area contributed by atoms with Gasteiger partial charge in [-0.25, -0.2) is 0 Å². The summed E-state index contributed by atoms with van der Waals surface area (Å²) in [6.07, 6.45) is 1.75. The zero-order chi connectivity index (χ0) is 16.5. The van der Waals surface area contributed by atoms with Crippen molar-refractivity contribution in [3.63, 3.8) is 0 Å². The maximum atomic E-state index is 11.2. The Morgan fingerprint density at radius 2 is 2.32 bits per heavy atom. The van der Waals surface area contributed by atoms with Gasteiger partial charge < -0.3 is 15.0 Å². The van der Waals surface area contributed by atoms with Crippen molar-refractivity contribution in [1.82, 2.24) is 0 Å². The minimum absolute atomic E-state index is 0.157. The van der Waals surface area contributed by atoms with E-state index in [9.17, 15) is 10.1 Å². The normalized spacial score (nSPS) is 11.8. The summed E-state index contributed by atoms with van der Waals surface area (Å²) in [6, 6.07) is 7.18. The second kappa shape index (κ2) is 8.96. The molecule has 6 heteroatoms. The standard InChI is InChI=1S/C16H20ClN3O2/c1-4-22-16-7-6-14(19-13(3)21)10-15(16)20(9-5-8-17)12(2)11-18/h5-8,10,12H,4,9H2,1-3H3,(H,19,21)/b8-5+. The average Bonchev–Trinajstić information content (AvgIpc) is 2.49. The van der Waals surface area contributed by atoms with Crippen molar-refractivity contribution in [2.45, 2.75) is 26.8 Å². The van der Waals surface area contributed by atoms with Crippen LogP contribution in [-0.4, -0.2) is 25.1 Å². The second-order valence-corrected chi connectivity index (χ2v) is 4.87. The number of carbonyl (C=O) groups is 1. The summed E-state index contributed by atoms with van der Waals surface area (Å²) < 4.78 is 5.63. The lowest BCUT2D eigenvalue weighted by Gasteiger charge is -2.28. The van der Waals surface area contributed by atoms with E-state index in [4.69, 9.17) is 16.3 Å². The first kappa shape index (κ1) is 17.9. The minimum Gasteiger partial charge on any atom is -0.492 e. The Bertz CT molecular complexity index is 581. The molecule has 0 aliphatic rings. The molecule has 0 saturated carbocycles. The van der Waals surface area contributed by atoms with E-state index in [2.05, 4.69) is 11.4 Å². The Kier molecular flexibility index (Phi) is 7.27. The van der Waals surface area contributed by atoms with E-state index in [1.54, 1.807) is 31.2 Å². The van der Waals surface area contributed by atoms with Crippen LogP contribution in [0.25, 0.3) is 0 Å². The molecule has 0 heterocycles. The highest BCUT2D eigenvalue weighted by atomic mass is 35.5. The summed E-state index contributed by atoms with van der Waals surface area (Å²) in [6.45, 7) is 6.10. The summed E-state index contributed by atoms with van der Waals surface area (Å²) in [7, 11) is 0. The molecule has 5 nitrogen and oxygen atoms in total. The molecule has 22 heavy (non-hydrogen) atoms. The highest BCUT2D eigenvalue weighted by Gasteiger charge is 2.18. The fraction of sp³-hybridized carbons (Fsp3) is 0.375. The van der Waals surface area contributed by atoms with Crippen LogP contribution in [0.15, 0.2) is 29.8 Å². The molecule has 0 saturated heterocycles. The van der Waals surface area contributed by atoms with E-state index in [0.717, 1.165) is 5.69 Å². The molecular formula is C16H20ClN3O2. The molecular weight excluding hydrogens is 302 g/mol. The van der Waals surface area contributed by atoms with Gasteiger partial charge in [-0.1, -0.05) is 17.7 Å². The molecule has 1 aromatic carbocycles. The van der Waals surface area contributed by atoms with E-state index in [0.29, 0.717) is 24.6 Å². The van der Waals surface area contributed by atoms with Crippen LogP contribution in [0.5, 0.6) is 5.75 Å². The number of rotatable bonds is 7. The Hall–Kier alpha value is -2.19. The van der Waals surface area contributed by atoms with E-state index in [1.807, 2.05) is 11.8 Å². The zero-order valence-corrected chi connectivity index (χ0v) is 13.7. The first-order chi connectivity index (χ1) is 10.5. The van der Waals surface area contributed by atoms with Crippen LogP contribution in [0.2, 0.25) is 0 Å². The molecule has 0 fully saturated rings. The van der Waals surface area contributed by atoms with Crippen LogP contribution in [0.1, 0.15) is 20.8 Å². The molecule has 1 amide bonds. The van der Waals surface area contributed by atoms with Crippen molar-refractivity contribution >= 4 is 28.9 Å². The SMILES string of the molecule is CCOc1ccc(NC(C)=O)cc1N(C/C=C/Cl)C(C)C#N. The Morgan fingerprint density at radius 3 is 2.86 bits per heavy atom. The fourth-order valence-corrected chi connectivity index (χ4v) is 2.07. The fourth-order valence-electron chi connectivity index (χ4n) is 1.99. The quantitative estimate of drug-likeness (QED) is 0.834. The molecule has 1 rings (SSSR count). The summed E-state index contributed by atoms with van der Waals surface area (Å²) in [5.74, 6) is 0.498. The minimum atomic E-state index is -0.375. The monoisotopic (exact) mass is 321 g/mol. The predicted octanol–water partition coefficient (Wildman–Crippen LogP) is 3.51. The molecule has 1 atom stereocenters. The van der Waals surface area contributed by atoms with Crippen LogP contribution in [0.3, 0.4) is 0 Å². The van der Waals surface area contributed by atoms with E-state index in [-0.39, 0.29) is 11.9 Å². The van der Waals surface area contributed by atoms with E-state index in [1.165, 1.54) is 12.5 Å². The van der Waals surface area contributed by atoms with Gasteiger partial charge in [0.15, 0.2) is 0 Å². The summed E-state index contributed by atoms with van der Waals surface area (Å²) in [4.78, 5) is 13.1. The first-order valence-corrected chi connectivity index (χ1v) is 7.43. The molecule has 0 aliphatic heterocycles. The molecule has 0 aliphatic carbocycles. The molecule has 0 bridgehead atoms. The summed E-state index contributed by atoms with van der Waals surface area (Å²) in [5.41, 5.74) is 2.79. The van der Waals surface area contributed by atoms with Crippen molar-refractivity contribution in [3.05, 3.63) is 29.8 Å². The van der Waals surface area contributed by atoms with Crippen LogP contribution in [0.4, 0.5) is 11.4 Å². The molecule has 0 spiro atoms. The smallest absolute Gasteiger partial charge is 0.221 e. The number of nitriles is 1. The Labute approximate surface area is 136 Å². The van der Waals surface area contributed by atoms with Gasteiger partial charge in [0.1, 0.15) is 11.8 Å². The average molecular weight is 322 g/mol. The lowest BCUT2D eigenvalue weighted by Crippen LogP contribution is -2.32. The number of nitrogens with zero attached hydrogens (tertiary/aromatic N) is 2. The summed E-state index contributed by atoms with van der Waals surface area (Å²) >= 11 is 5.60. The number of amides is 1. The lowest BCUT2D eigenvalue weighted by molar-refractivity contribution is -0.114. The highest BCUT2D eigenvalue weighted by molar-refractivity contribution is 6.25. The number of ether oxygens (including phenoxy) is 1. The predicted molar refractivity (Wildman–Crippen MR) is 89.3 cm³/mol. The molecule has 0 aromatic heterocycles. The molecule has 0 radical (unpaired) electrons. The Morgan fingerprint density at radius 1 is 1.59 bits per heavy atom. The van der Waals surface area contributed by atoms with Gasteiger partial charge in [-0.2, -0.15) is 5.26 Å². The number of anilines is 2. The molecule has 1 unspecified atom stereocenters. The third-order valence-corrected chi connectivity index (χ3v) is 3.11. The first-order valence-electron chi connectivity index (χ1n) is 6.99. The van der Waals surface area contributed by atoms with Crippen LogP contribution < -0.4 is 15.0 Å². The summed E-state index contributed by atoms with van der Waals surface area (Å²) in [5, 5.41) is 12.0. The van der Waals surface area contributed by atoms with Crippen molar-refractivity contribution in [3.8, 4) is 11.8 Å². The Balaban J connectivity index is 3.28. The number of hydrogen-bond acceptors (Lipinski definition) is 4. The molecule has 1 aromatic rings. The van der Waals surface area contributed by atoms with E-state index >= 15 is 0 Å². The van der Waals surface area contributed by atoms with Gasteiger partial charge in [0.05, 0.1) is 18.4 Å². The van der Waals surface area contributed by atoms with Gasteiger partial charge in [-0.3, -0.25) is 4.79 Å². The van der Waals surface area contributed by atoms with Gasteiger partial charge >= 0.3 is 0 Å². The number of hydrogen-bond donors (Lipinski definition) is 1. The van der Waals surface area contributed by atoms with E-state index < -0.39 is 0 Å². The highest BCUT2D eigenvalue weighted by Crippen LogP contribution is 2.33. The topological polar surface area (TPSA) is 65.4 Å². The third-order valence-electron chi connectivity index (χ3n) is 2.93. The van der Waals surface area contributed by atoms with Gasteiger partial charge in [-0.05, 0) is 32.0 Å². The van der Waals surface area contributed by atoms with Gasteiger partial charge in [0, 0.05) is 24.7 Å². The molecule has 1 N–H and O–H groups in total. The number of carbonyl (C=O) groups excluding carboxylic acids is 1. The van der Waals surface area contributed by atoms with Crippen LogP contribution >= 0.6 is 11.6 Å². The number of halogens is 1. The lowest BCUT2D eigenvalue weighted by atomic mass is 10.2. The van der Waals surface area contributed by atoms with Crippen molar-refractivity contribution in [1.29, 1.82) is 5.26 Å².